The highest BCUT2D eigenvalue weighted by atomic mass is 35.5. The molecule has 0 saturated heterocycles. The molecule has 0 N–H and O–H groups in total. The van der Waals surface area contributed by atoms with E-state index in [0.717, 1.165) is 0 Å². The summed E-state index contributed by atoms with van der Waals surface area (Å²) in [4.78, 5) is 0. The average Bonchev–Trinajstić information content (AvgIpc) is 2.97. The van der Waals surface area contributed by atoms with E-state index in [0.29, 0.717) is 0 Å². The molecule has 0 spiro atoms. The molecule has 0 aromatic rings. The Hall–Kier alpha value is -0.0100. The SMILES string of the molecule is C=CC.CCCCCCCCCCCCCCCCCC[N+](C)(C)CCCCCCCCCCCCCCCCCC.[Cl-]. The van der Waals surface area contributed by atoms with E-state index in [1.807, 2.05) is 6.92 Å². The van der Waals surface area contributed by atoms with Gasteiger partial charge in [-0.15, -0.1) is 6.58 Å². The Bertz CT molecular complexity index is 436. The molecule has 0 bridgehead atoms. The van der Waals surface area contributed by atoms with Crippen LogP contribution in [0.3, 0.4) is 0 Å². The van der Waals surface area contributed by atoms with Crippen LogP contribution in [0.1, 0.15) is 226 Å². The number of hydrogen-bond donors (Lipinski definition) is 0. The summed E-state index contributed by atoms with van der Waals surface area (Å²) in [7, 11) is 4.94. The molecule has 0 unspecified atom stereocenters. The maximum Gasteiger partial charge on any atom is 0.0782 e. The summed E-state index contributed by atoms with van der Waals surface area (Å²) in [6, 6.07) is 0. The molecule has 2 heteroatoms. The van der Waals surface area contributed by atoms with Gasteiger partial charge in [0.25, 0.3) is 0 Å². The zero-order valence-electron chi connectivity index (χ0n) is 31.2. The van der Waals surface area contributed by atoms with Gasteiger partial charge in [0, 0.05) is 0 Å². The lowest BCUT2D eigenvalue weighted by Gasteiger charge is -2.30. The summed E-state index contributed by atoms with van der Waals surface area (Å²) in [5.41, 5.74) is 0. The molecular weight excluding hydrogens is 542 g/mol. The Balaban J connectivity index is -0.00000382. The lowest BCUT2D eigenvalue weighted by atomic mass is 10.0. The molecule has 0 aromatic heterocycles. The second kappa shape index (κ2) is 42.0. The van der Waals surface area contributed by atoms with Crippen LogP contribution >= 0.6 is 0 Å². The predicted molar refractivity (Wildman–Crippen MR) is 197 cm³/mol. The number of unbranched alkanes of at least 4 members (excludes halogenated alkanes) is 30. The Morgan fingerprint density at radius 1 is 0.349 bits per heavy atom. The van der Waals surface area contributed by atoms with Crippen molar-refractivity contribution in [1.82, 2.24) is 0 Å². The Morgan fingerprint density at radius 2 is 0.488 bits per heavy atom. The fourth-order valence-electron chi connectivity index (χ4n) is 6.29. The minimum Gasteiger partial charge on any atom is -1.00 e. The molecule has 0 rings (SSSR count). The molecule has 43 heavy (non-hydrogen) atoms. The van der Waals surface area contributed by atoms with Crippen LogP contribution in [0, 0.1) is 0 Å². The van der Waals surface area contributed by atoms with Crippen LogP contribution in [0.15, 0.2) is 12.7 Å². The first-order valence-corrected chi connectivity index (χ1v) is 19.9. The van der Waals surface area contributed by atoms with Crippen LogP contribution in [-0.4, -0.2) is 31.7 Å². The largest absolute Gasteiger partial charge is 1.00 e. The fourth-order valence-corrected chi connectivity index (χ4v) is 6.29. The van der Waals surface area contributed by atoms with Crippen molar-refractivity contribution < 1.29 is 16.9 Å². The summed E-state index contributed by atoms with van der Waals surface area (Å²) >= 11 is 0. The van der Waals surface area contributed by atoms with Crippen molar-refractivity contribution in [2.24, 2.45) is 0 Å². The van der Waals surface area contributed by atoms with Gasteiger partial charge in [-0.05, 0) is 32.6 Å². The Labute approximate surface area is 282 Å². The predicted octanol–water partition coefficient (Wildman–Crippen LogP) is 11.8. The molecule has 0 fully saturated rings. The van der Waals surface area contributed by atoms with Gasteiger partial charge in [0.2, 0.25) is 0 Å². The zero-order valence-corrected chi connectivity index (χ0v) is 31.9. The van der Waals surface area contributed by atoms with Crippen LogP contribution in [0.4, 0.5) is 0 Å². The van der Waals surface area contributed by atoms with E-state index in [1.165, 1.54) is 223 Å². The maximum absolute atomic E-state index is 3.36. The van der Waals surface area contributed by atoms with Crippen molar-refractivity contribution in [3.8, 4) is 0 Å². The van der Waals surface area contributed by atoms with E-state index in [2.05, 4.69) is 34.5 Å². The van der Waals surface area contributed by atoms with Crippen molar-refractivity contribution in [1.29, 1.82) is 0 Å². The third-order valence-electron chi connectivity index (χ3n) is 9.23. The second-order valence-corrected chi connectivity index (χ2v) is 14.4. The van der Waals surface area contributed by atoms with Gasteiger partial charge in [0.1, 0.15) is 0 Å². The minimum absolute atomic E-state index is 0. The number of rotatable bonds is 34. The van der Waals surface area contributed by atoms with E-state index in [-0.39, 0.29) is 12.4 Å². The lowest BCUT2D eigenvalue weighted by Crippen LogP contribution is -3.00. The van der Waals surface area contributed by atoms with E-state index < -0.39 is 0 Å². The third kappa shape index (κ3) is 46.5. The Kier molecular flexibility index (Phi) is 46.3. The number of quaternary nitrogens is 1. The summed E-state index contributed by atoms with van der Waals surface area (Å²) in [5.74, 6) is 0. The zero-order chi connectivity index (χ0) is 31.2. The third-order valence-corrected chi connectivity index (χ3v) is 9.23. The quantitative estimate of drug-likeness (QED) is 0.0378. The highest BCUT2D eigenvalue weighted by Gasteiger charge is 2.13. The van der Waals surface area contributed by atoms with Crippen LogP contribution in [0.5, 0.6) is 0 Å². The van der Waals surface area contributed by atoms with Crippen molar-refractivity contribution in [3.63, 3.8) is 0 Å². The first kappa shape index (κ1) is 47.4. The molecule has 0 saturated carbocycles. The lowest BCUT2D eigenvalue weighted by molar-refractivity contribution is -0.890. The topological polar surface area (TPSA) is 0 Å². The van der Waals surface area contributed by atoms with Gasteiger partial charge < -0.3 is 16.9 Å². The molecule has 0 radical (unpaired) electrons. The summed E-state index contributed by atoms with van der Waals surface area (Å²) in [5, 5.41) is 0. The molecule has 0 aliphatic heterocycles. The van der Waals surface area contributed by atoms with E-state index in [1.54, 1.807) is 6.08 Å². The van der Waals surface area contributed by atoms with Gasteiger partial charge in [-0.25, -0.2) is 0 Å². The molecule has 0 aliphatic carbocycles. The molecule has 262 valence electrons. The van der Waals surface area contributed by atoms with Gasteiger partial charge >= 0.3 is 0 Å². The van der Waals surface area contributed by atoms with Crippen LogP contribution < -0.4 is 12.4 Å². The van der Waals surface area contributed by atoms with Gasteiger partial charge in [-0.3, -0.25) is 0 Å². The number of hydrogen-bond acceptors (Lipinski definition) is 0. The van der Waals surface area contributed by atoms with Crippen LogP contribution in [0.25, 0.3) is 0 Å². The van der Waals surface area contributed by atoms with Gasteiger partial charge in [-0.2, -0.15) is 0 Å². The summed E-state index contributed by atoms with van der Waals surface area (Å²) in [6.07, 6.45) is 48.7. The van der Waals surface area contributed by atoms with Crippen molar-refractivity contribution in [2.75, 3.05) is 27.2 Å². The minimum atomic E-state index is 0. The first-order chi connectivity index (χ1) is 20.5. The van der Waals surface area contributed by atoms with Crippen molar-refractivity contribution >= 4 is 0 Å². The maximum atomic E-state index is 3.36. The highest BCUT2D eigenvalue weighted by Crippen LogP contribution is 2.16. The van der Waals surface area contributed by atoms with E-state index in [9.17, 15) is 0 Å². The van der Waals surface area contributed by atoms with Crippen molar-refractivity contribution in [3.05, 3.63) is 12.7 Å². The Morgan fingerprint density at radius 3 is 0.651 bits per heavy atom. The van der Waals surface area contributed by atoms with E-state index in [4.69, 9.17) is 0 Å². The van der Waals surface area contributed by atoms with Gasteiger partial charge in [0.05, 0.1) is 27.2 Å². The summed E-state index contributed by atoms with van der Waals surface area (Å²) in [6.45, 7) is 12.6. The average molecular weight is 629 g/mol. The van der Waals surface area contributed by atoms with Gasteiger partial charge in [0.15, 0.2) is 0 Å². The van der Waals surface area contributed by atoms with Crippen LogP contribution in [0.2, 0.25) is 0 Å². The monoisotopic (exact) mass is 628 g/mol. The number of nitrogens with zero attached hydrogens (tertiary/aromatic N) is 1. The van der Waals surface area contributed by atoms with Crippen molar-refractivity contribution in [2.45, 2.75) is 226 Å². The standard InChI is InChI=1S/C38H80N.C3H6.ClH/c1-5-7-9-11-13-15-17-19-21-23-25-27-29-31-33-35-37-39(3,4)38-36-34-32-30-28-26-24-22-20-18-16-14-12-10-8-6-2;1-3-2;/h5-38H2,1-4H3;3H,1H2,2H3;1H/q+1;;/p-1. The molecule has 0 aromatic carbocycles. The van der Waals surface area contributed by atoms with Gasteiger partial charge in [-0.1, -0.05) is 200 Å². The molecule has 0 atom stereocenters. The number of halogens is 1. The van der Waals surface area contributed by atoms with E-state index >= 15 is 0 Å². The highest BCUT2D eigenvalue weighted by molar-refractivity contribution is 4.53. The van der Waals surface area contributed by atoms with Crippen LogP contribution in [-0.2, 0) is 0 Å². The number of allylic oxidation sites excluding steroid dienone is 1. The molecule has 0 aliphatic rings. The molecular formula is C41H86ClN. The summed E-state index contributed by atoms with van der Waals surface area (Å²) < 4.78 is 1.25. The first-order valence-electron chi connectivity index (χ1n) is 19.9. The molecule has 0 heterocycles. The second-order valence-electron chi connectivity index (χ2n) is 14.4. The smallest absolute Gasteiger partial charge is 0.0782 e. The molecule has 1 nitrogen and oxygen atoms in total. The fraction of sp³-hybridized carbons (Fsp3) is 0.951. The normalized spacial score (nSPS) is 11.2. The molecule has 0 amide bonds.